The molecule has 9 rings (SSSR count). The fourth-order valence-electron chi connectivity index (χ4n) is 6.46. The summed E-state index contributed by atoms with van der Waals surface area (Å²) < 4.78 is 6.21. The van der Waals surface area contributed by atoms with E-state index in [2.05, 4.69) is 104 Å². The molecule has 0 aliphatic carbocycles. The van der Waals surface area contributed by atoms with E-state index in [0.29, 0.717) is 17.5 Å². The van der Waals surface area contributed by atoms with Gasteiger partial charge in [-0.3, -0.25) is 0 Å². The summed E-state index contributed by atoms with van der Waals surface area (Å²) in [6, 6.07) is 46.4. The number of benzene rings is 7. The Kier molecular flexibility index (Phi) is 5.38. The van der Waals surface area contributed by atoms with E-state index in [-0.39, 0.29) is 0 Å². The van der Waals surface area contributed by atoms with Gasteiger partial charge in [0.15, 0.2) is 17.5 Å². The smallest absolute Gasteiger partial charge is 0.164 e. The average molecular weight is 564 g/mol. The van der Waals surface area contributed by atoms with Crippen molar-refractivity contribution in [2.24, 2.45) is 0 Å². The predicted octanol–water partition coefficient (Wildman–Crippen LogP) is 10.5. The molecule has 0 aliphatic heterocycles. The largest absolute Gasteiger partial charge is 0.456 e. The van der Waals surface area contributed by atoms with E-state index < -0.39 is 0 Å². The second-order valence-corrected chi connectivity index (χ2v) is 11.3. The molecule has 2 aromatic heterocycles. The predicted molar refractivity (Wildman–Crippen MR) is 181 cm³/mol. The molecule has 0 aliphatic rings. The number of aryl methyl sites for hydroxylation is 1. The van der Waals surface area contributed by atoms with E-state index in [9.17, 15) is 0 Å². The quantitative estimate of drug-likeness (QED) is 0.201. The van der Waals surface area contributed by atoms with E-state index in [0.717, 1.165) is 44.2 Å². The third-order valence-electron chi connectivity index (χ3n) is 8.56. The zero-order valence-electron chi connectivity index (χ0n) is 24.0. The third kappa shape index (κ3) is 3.89. The SMILES string of the molecule is Cc1cccc(-c2nc(-c3ccc4ccc5c6ccccc6ccc5c4c3)nc(-c3cccc4oc5ccccc5c34)n2)c1. The van der Waals surface area contributed by atoms with Crippen molar-refractivity contribution in [2.75, 3.05) is 0 Å². The number of hydrogen-bond acceptors (Lipinski definition) is 4. The Hall–Kier alpha value is -5.87. The first-order valence-corrected chi connectivity index (χ1v) is 14.8. The van der Waals surface area contributed by atoms with Crippen LogP contribution in [0.1, 0.15) is 5.56 Å². The number of aromatic nitrogens is 3. The molecule has 0 fully saturated rings. The zero-order valence-corrected chi connectivity index (χ0v) is 24.0. The second kappa shape index (κ2) is 9.58. The molecule has 0 amide bonds. The van der Waals surface area contributed by atoms with Gasteiger partial charge in [0.1, 0.15) is 11.2 Å². The molecule has 44 heavy (non-hydrogen) atoms. The van der Waals surface area contributed by atoms with Gasteiger partial charge in [-0.05, 0) is 63.5 Å². The number of rotatable bonds is 3. The monoisotopic (exact) mass is 563 g/mol. The van der Waals surface area contributed by atoms with Crippen LogP contribution in [0.3, 0.4) is 0 Å². The lowest BCUT2D eigenvalue weighted by molar-refractivity contribution is 0.669. The molecule has 0 bridgehead atoms. The lowest BCUT2D eigenvalue weighted by Gasteiger charge is -2.11. The van der Waals surface area contributed by atoms with Crippen molar-refractivity contribution in [3.8, 4) is 34.2 Å². The number of fused-ring (bicyclic) bond motifs is 8. The molecule has 0 spiro atoms. The molecule has 0 N–H and O–H groups in total. The minimum atomic E-state index is 0.618. The topological polar surface area (TPSA) is 51.8 Å². The van der Waals surface area contributed by atoms with E-state index in [1.54, 1.807) is 0 Å². The van der Waals surface area contributed by atoms with Gasteiger partial charge in [-0.1, -0.05) is 115 Å². The summed E-state index contributed by atoms with van der Waals surface area (Å²) in [5, 5.41) is 9.35. The Morgan fingerprint density at radius 2 is 1.07 bits per heavy atom. The van der Waals surface area contributed by atoms with Crippen LogP contribution in [-0.2, 0) is 0 Å². The highest BCUT2D eigenvalue weighted by Gasteiger charge is 2.18. The minimum Gasteiger partial charge on any atom is -0.456 e. The van der Waals surface area contributed by atoms with E-state index >= 15 is 0 Å². The maximum Gasteiger partial charge on any atom is 0.164 e. The Morgan fingerprint density at radius 1 is 0.432 bits per heavy atom. The molecule has 7 aromatic carbocycles. The third-order valence-corrected chi connectivity index (χ3v) is 8.56. The zero-order chi connectivity index (χ0) is 29.2. The van der Waals surface area contributed by atoms with Gasteiger partial charge in [-0.25, -0.2) is 15.0 Å². The second-order valence-electron chi connectivity index (χ2n) is 11.3. The highest BCUT2D eigenvalue weighted by Crippen LogP contribution is 2.37. The van der Waals surface area contributed by atoms with Crippen LogP contribution in [0.15, 0.2) is 138 Å². The van der Waals surface area contributed by atoms with Crippen molar-refractivity contribution >= 4 is 54.3 Å². The molecule has 9 aromatic rings. The normalized spacial score (nSPS) is 11.8. The summed E-state index contributed by atoms with van der Waals surface area (Å²) in [4.78, 5) is 15.3. The van der Waals surface area contributed by atoms with Crippen LogP contribution in [0.5, 0.6) is 0 Å². The first kappa shape index (κ1) is 24.7. The van der Waals surface area contributed by atoms with Gasteiger partial charge in [0, 0.05) is 27.5 Å². The van der Waals surface area contributed by atoms with Crippen LogP contribution in [0.25, 0.3) is 88.4 Å². The summed E-state index contributed by atoms with van der Waals surface area (Å²) in [5.41, 5.74) is 5.63. The minimum absolute atomic E-state index is 0.618. The number of nitrogens with zero attached hydrogens (tertiary/aromatic N) is 3. The average Bonchev–Trinajstić information content (AvgIpc) is 3.46. The van der Waals surface area contributed by atoms with Gasteiger partial charge < -0.3 is 4.42 Å². The van der Waals surface area contributed by atoms with Crippen LogP contribution in [-0.4, -0.2) is 15.0 Å². The van der Waals surface area contributed by atoms with Gasteiger partial charge in [0.2, 0.25) is 0 Å². The summed E-state index contributed by atoms with van der Waals surface area (Å²) >= 11 is 0. The molecule has 206 valence electrons. The van der Waals surface area contributed by atoms with Gasteiger partial charge in [0.25, 0.3) is 0 Å². The summed E-state index contributed by atoms with van der Waals surface area (Å²) in [6.45, 7) is 2.09. The maximum atomic E-state index is 6.21. The molecule has 4 nitrogen and oxygen atoms in total. The van der Waals surface area contributed by atoms with Crippen molar-refractivity contribution in [2.45, 2.75) is 6.92 Å². The molecule has 2 heterocycles. The van der Waals surface area contributed by atoms with Gasteiger partial charge in [-0.2, -0.15) is 0 Å². The summed E-state index contributed by atoms with van der Waals surface area (Å²) in [7, 11) is 0. The first-order valence-electron chi connectivity index (χ1n) is 14.8. The van der Waals surface area contributed by atoms with Crippen LogP contribution in [0.2, 0.25) is 0 Å². The maximum absolute atomic E-state index is 6.21. The van der Waals surface area contributed by atoms with E-state index in [1.165, 1.54) is 32.3 Å². The fourth-order valence-corrected chi connectivity index (χ4v) is 6.46. The molecule has 4 heteroatoms. The standard InChI is InChI=1S/C40H25N3O/c1-24-8-6-10-27(22-24)38-41-39(43-40(42-38)33-13-7-15-36-37(33)32-12-4-5-14-35(32)44-36)28-17-16-26-19-20-30-29-11-3-2-9-25(29)18-21-31(30)34(26)23-28/h2-23H,1H3. The molecule has 0 radical (unpaired) electrons. The van der Waals surface area contributed by atoms with Gasteiger partial charge in [-0.15, -0.1) is 0 Å². The summed E-state index contributed by atoms with van der Waals surface area (Å²) in [6.07, 6.45) is 0. The Labute approximate surface area is 253 Å². The van der Waals surface area contributed by atoms with Gasteiger partial charge >= 0.3 is 0 Å². The van der Waals surface area contributed by atoms with Crippen LogP contribution >= 0.6 is 0 Å². The highest BCUT2D eigenvalue weighted by atomic mass is 16.3. The number of furan rings is 1. The highest BCUT2D eigenvalue weighted by molar-refractivity contribution is 6.17. The molecular weight excluding hydrogens is 538 g/mol. The number of para-hydroxylation sites is 1. The van der Waals surface area contributed by atoms with Crippen LogP contribution in [0, 0.1) is 6.92 Å². The molecule has 0 saturated heterocycles. The van der Waals surface area contributed by atoms with Crippen LogP contribution < -0.4 is 0 Å². The summed E-state index contributed by atoms with van der Waals surface area (Å²) in [5.74, 6) is 1.89. The van der Waals surface area contributed by atoms with Gasteiger partial charge in [0.05, 0.1) is 0 Å². The lowest BCUT2D eigenvalue weighted by Crippen LogP contribution is -2.00. The van der Waals surface area contributed by atoms with E-state index in [4.69, 9.17) is 19.4 Å². The fraction of sp³-hybridized carbons (Fsp3) is 0.0250. The first-order chi connectivity index (χ1) is 21.7. The molecule has 0 atom stereocenters. The molecule has 0 unspecified atom stereocenters. The Bertz CT molecular complexity index is 2580. The lowest BCUT2D eigenvalue weighted by atomic mass is 9.96. The van der Waals surface area contributed by atoms with Crippen LogP contribution in [0.4, 0.5) is 0 Å². The molecule has 0 saturated carbocycles. The van der Waals surface area contributed by atoms with Crippen molar-refractivity contribution in [3.63, 3.8) is 0 Å². The van der Waals surface area contributed by atoms with Crippen molar-refractivity contribution in [1.29, 1.82) is 0 Å². The Balaban J connectivity index is 1.31. The van der Waals surface area contributed by atoms with Crippen molar-refractivity contribution in [3.05, 3.63) is 139 Å². The van der Waals surface area contributed by atoms with Crippen molar-refractivity contribution in [1.82, 2.24) is 15.0 Å². The molecular formula is C40H25N3O. The van der Waals surface area contributed by atoms with E-state index in [1.807, 2.05) is 36.4 Å². The number of hydrogen-bond donors (Lipinski definition) is 0. The Morgan fingerprint density at radius 3 is 1.91 bits per heavy atom. The van der Waals surface area contributed by atoms with Crippen molar-refractivity contribution < 1.29 is 4.42 Å².